The molecule has 2 heterocycles. The van der Waals surface area contributed by atoms with Crippen LogP contribution in [-0.2, 0) is 7.05 Å². The van der Waals surface area contributed by atoms with Gasteiger partial charge in [0.2, 0.25) is 5.69 Å². The highest BCUT2D eigenvalue weighted by atomic mass is 16.3. The quantitative estimate of drug-likeness (QED) is 0.314. The second kappa shape index (κ2) is 7.11. The Labute approximate surface area is 181 Å². The summed E-state index contributed by atoms with van der Waals surface area (Å²) in [6, 6.07) is 23.0. The van der Waals surface area contributed by atoms with E-state index in [-0.39, 0.29) is 0 Å². The van der Waals surface area contributed by atoms with Crippen LogP contribution in [0.25, 0.3) is 44.3 Å². The predicted octanol–water partition coefficient (Wildman–Crippen LogP) is 6.54. The lowest BCUT2D eigenvalue weighted by atomic mass is 9.95. The van der Waals surface area contributed by atoms with Crippen molar-refractivity contribution in [2.45, 2.75) is 20.8 Å². The molecule has 0 radical (unpaired) electrons. The second-order valence-corrected chi connectivity index (χ2v) is 8.22. The van der Waals surface area contributed by atoms with Gasteiger partial charge in [0.25, 0.3) is 0 Å². The van der Waals surface area contributed by atoms with Crippen molar-refractivity contribution in [3.05, 3.63) is 89.1 Å². The molecule has 0 N–H and O–H groups in total. The van der Waals surface area contributed by atoms with Crippen LogP contribution >= 0.6 is 0 Å². The Kier molecular flexibility index (Phi) is 4.38. The fourth-order valence-electron chi connectivity index (χ4n) is 4.49. The van der Waals surface area contributed by atoms with Gasteiger partial charge < -0.3 is 4.42 Å². The summed E-state index contributed by atoms with van der Waals surface area (Å²) < 4.78 is 8.75. The van der Waals surface area contributed by atoms with Gasteiger partial charge in [-0.05, 0) is 43.5 Å². The van der Waals surface area contributed by atoms with E-state index in [1.165, 1.54) is 11.1 Å². The van der Waals surface area contributed by atoms with E-state index in [2.05, 4.69) is 68.9 Å². The molecule has 0 aliphatic rings. The first kappa shape index (κ1) is 19.1. The lowest BCUT2D eigenvalue weighted by Crippen LogP contribution is -2.31. The summed E-state index contributed by atoms with van der Waals surface area (Å²) in [5.41, 5.74) is 9.98. The van der Waals surface area contributed by atoms with Crippen LogP contribution < -0.4 is 4.57 Å². The Hall–Kier alpha value is -3.90. The molecule has 31 heavy (non-hydrogen) atoms. The maximum atomic E-state index is 9.92. The van der Waals surface area contributed by atoms with Gasteiger partial charge in [-0.2, -0.15) is 5.26 Å². The number of aryl methyl sites for hydroxylation is 4. The molecule has 0 aliphatic heterocycles. The van der Waals surface area contributed by atoms with E-state index in [1.807, 2.05) is 36.4 Å². The third-order valence-corrected chi connectivity index (χ3v) is 6.17. The number of nitriles is 1. The van der Waals surface area contributed by atoms with E-state index in [9.17, 15) is 5.26 Å². The second-order valence-electron chi connectivity index (χ2n) is 8.22. The molecule has 0 atom stereocenters. The van der Waals surface area contributed by atoms with Crippen LogP contribution in [-0.4, -0.2) is 0 Å². The van der Waals surface area contributed by atoms with Crippen molar-refractivity contribution >= 4 is 21.9 Å². The van der Waals surface area contributed by atoms with Gasteiger partial charge in [-0.15, -0.1) is 0 Å². The highest BCUT2D eigenvalue weighted by Gasteiger charge is 2.24. The molecule has 0 saturated heterocycles. The molecule has 0 aliphatic carbocycles. The largest absolute Gasteiger partial charge is 0.454 e. The number of furan rings is 1. The van der Waals surface area contributed by atoms with Gasteiger partial charge in [-0.1, -0.05) is 48.5 Å². The highest BCUT2D eigenvalue weighted by Crippen LogP contribution is 2.42. The van der Waals surface area contributed by atoms with Crippen molar-refractivity contribution in [2.75, 3.05) is 0 Å². The molecule has 0 spiro atoms. The van der Waals surface area contributed by atoms with E-state index in [4.69, 9.17) is 4.42 Å². The van der Waals surface area contributed by atoms with E-state index >= 15 is 0 Å². The van der Waals surface area contributed by atoms with Gasteiger partial charge in [0, 0.05) is 28.0 Å². The normalized spacial score (nSPS) is 11.2. The van der Waals surface area contributed by atoms with E-state index in [0.717, 1.165) is 49.9 Å². The lowest BCUT2D eigenvalue weighted by molar-refractivity contribution is -0.660. The maximum Gasteiger partial charge on any atom is 0.216 e. The fourth-order valence-corrected chi connectivity index (χ4v) is 4.49. The summed E-state index contributed by atoms with van der Waals surface area (Å²) in [6.07, 6.45) is 2.15. The summed E-state index contributed by atoms with van der Waals surface area (Å²) in [4.78, 5) is 0. The Morgan fingerprint density at radius 2 is 1.61 bits per heavy atom. The number of nitrogens with zero attached hydrogens (tertiary/aromatic N) is 2. The van der Waals surface area contributed by atoms with Crippen molar-refractivity contribution in [2.24, 2.45) is 7.05 Å². The van der Waals surface area contributed by atoms with Crippen molar-refractivity contribution < 1.29 is 8.98 Å². The number of benzene rings is 3. The zero-order valence-corrected chi connectivity index (χ0v) is 18.2. The average molecular weight is 404 g/mol. The molecule has 0 amide bonds. The lowest BCUT2D eigenvalue weighted by Gasteiger charge is -2.09. The number of pyridine rings is 1. The van der Waals surface area contributed by atoms with Crippen LogP contribution in [0.2, 0.25) is 0 Å². The minimum absolute atomic E-state index is 0.645. The van der Waals surface area contributed by atoms with Gasteiger partial charge >= 0.3 is 0 Å². The van der Waals surface area contributed by atoms with E-state index in [1.54, 1.807) is 0 Å². The number of aromatic nitrogens is 1. The maximum absolute atomic E-state index is 9.92. The van der Waals surface area contributed by atoms with Gasteiger partial charge in [0.1, 0.15) is 12.6 Å². The molecule has 0 unspecified atom stereocenters. The molecule has 3 aromatic carbocycles. The zero-order chi connectivity index (χ0) is 21.7. The Bertz CT molecular complexity index is 1520. The first-order valence-electron chi connectivity index (χ1n) is 10.4. The molecule has 3 nitrogen and oxygen atoms in total. The minimum Gasteiger partial charge on any atom is -0.454 e. The number of rotatable bonds is 2. The first-order valence-corrected chi connectivity index (χ1v) is 10.4. The highest BCUT2D eigenvalue weighted by molar-refractivity contribution is 6.15. The average Bonchev–Trinajstić information content (AvgIpc) is 3.16. The van der Waals surface area contributed by atoms with Gasteiger partial charge in [0.15, 0.2) is 11.8 Å². The Morgan fingerprint density at radius 1 is 0.839 bits per heavy atom. The van der Waals surface area contributed by atoms with Crippen LogP contribution in [0.1, 0.15) is 22.3 Å². The molecule has 5 rings (SSSR count). The summed E-state index contributed by atoms with van der Waals surface area (Å²) in [6.45, 7) is 6.30. The molecule has 2 aromatic heterocycles. The monoisotopic (exact) mass is 403 g/mol. The number of para-hydroxylation sites is 1. The van der Waals surface area contributed by atoms with Crippen LogP contribution in [0, 0.1) is 32.1 Å². The third kappa shape index (κ3) is 2.92. The van der Waals surface area contributed by atoms with Crippen molar-refractivity contribution in [3.8, 4) is 28.5 Å². The fraction of sp³-hybridized carbons (Fsp3) is 0.143. The molecule has 5 aromatic rings. The SMILES string of the molecule is Cc1cc(-c2c(C)cc(C#N)c3c2oc2c(-c4ccccc4)cccc23)[n+](C)cc1C. The first-order chi connectivity index (χ1) is 15.0. The van der Waals surface area contributed by atoms with E-state index in [0.29, 0.717) is 5.56 Å². The smallest absolute Gasteiger partial charge is 0.216 e. The van der Waals surface area contributed by atoms with Crippen LogP contribution in [0.3, 0.4) is 0 Å². The van der Waals surface area contributed by atoms with Gasteiger partial charge in [-0.3, -0.25) is 0 Å². The molecule has 0 saturated carbocycles. The predicted molar refractivity (Wildman–Crippen MR) is 125 cm³/mol. The van der Waals surface area contributed by atoms with Crippen molar-refractivity contribution in [1.29, 1.82) is 5.26 Å². The summed E-state index contributed by atoms with van der Waals surface area (Å²) >= 11 is 0. The summed E-state index contributed by atoms with van der Waals surface area (Å²) in [5.74, 6) is 0. The topological polar surface area (TPSA) is 40.8 Å². The molecular formula is C28H23N2O+. The molecule has 0 fully saturated rings. The molecule has 3 heteroatoms. The third-order valence-electron chi connectivity index (χ3n) is 6.17. The van der Waals surface area contributed by atoms with Crippen molar-refractivity contribution in [1.82, 2.24) is 0 Å². The molecule has 0 bridgehead atoms. The van der Waals surface area contributed by atoms with E-state index < -0.39 is 0 Å². The van der Waals surface area contributed by atoms with Gasteiger partial charge in [0.05, 0.1) is 17.2 Å². The Balaban J connectivity index is 1.95. The zero-order valence-electron chi connectivity index (χ0n) is 18.2. The van der Waals surface area contributed by atoms with Crippen LogP contribution in [0.15, 0.2) is 71.3 Å². The van der Waals surface area contributed by atoms with Gasteiger partial charge in [-0.25, -0.2) is 4.57 Å². The Morgan fingerprint density at radius 3 is 2.35 bits per heavy atom. The van der Waals surface area contributed by atoms with Crippen molar-refractivity contribution in [3.63, 3.8) is 0 Å². The minimum atomic E-state index is 0.645. The molecular weight excluding hydrogens is 380 g/mol. The summed E-state index contributed by atoms with van der Waals surface area (Å²) in [5, 5.41) is 11.8. The standard InChI is InChI=1S/C28H23N2O/c1-17-14-24(30(4)16-19(17)3)25-18(2)13-21(15-29)26-23-12-8-11-22(27(23)31-28(25)26)20-9-6-5-7-10-20/h5-14,16H,1-4H3/q+1. The molecule has 150 valence electrons. The van der Waals surface area contributed by atoms with Crippen LogP contribution in [0.4, 0.5) is 0 Å². The number of fused-ring (bicyclic) bond motifs is 3. The summed E-state index contributed by atoms with van der Waals surface area (Å²) in [7, 11) is 2.06. The van der Waals surface area contributed by atoms with Crippen LogP contribution in [0.5, 0.6) is 0 Å². The number of hydrogen-bond donors (Lipinski definition) is 0. The number of hydrogen-bond acceptors (Lipinski definition) is 2.